The number of phenols is 1. The lowest BCUT2D eigenvalue weighted by atomic mass is 9.81. The van der Waals surface area contributed by atoms with Gasteiger partial charge in [-0.1, -0.05) is 113 Å². The van der Waals surface area contributed by atoms with Crippen LogP contribution in [0.5, 0.6) is 5.75 Å². The van der Waals surface area contributed by atoms with E-state index in [1.165, 1.54) is 16.7 Å². The number of fused-ring (bicyclic) bond motifs is 2. The Balaban J connectivity index is 1.60. The molecular formula is C49H54N4O. The molecule has 0 saturated heterocycles. The first kappa shape index (κ1) is 37.0. The van der Waals surface area contributed by atoms with Gasteiger partial charge in [-0.2, -0.15) is 0 Å². The van der Waals surface area contributed by atoms with Crippen LogP contribution in [0.3, 0.4) is 0 Å². The van der Waals surface area contributed by atoms with Crippen molar-refractivity contribution in [2.24, 2.45) is 0 Å². The van der Waals surface area contributed by atoms with Gasteiger partial charge >= 0.3 is 0 Å². The van der Waals surface area contributed by atoms with Crippen molar-refractivity contribution in [3.8, 4) is 45.2 Å². The highest BCUT2D eigenvalue weighted by Crippen LogP contribution is 2.43. The summed E-state index contributed by atoms with van der Waals surface area (Å²) in [6.07, 6.45) is 3.71. The molecule has 3 heterocycles. The molecule has 0 amide bonds. The van der Waals surface area contributed by atoms with Gasteiger partial charge in [0.15, 0.2) is 0 Å². The molecule has 0 aliphatic heterocycles. The summed E-state index contributed by atoms with van der Waals surface area (Å²) in [4.78, 5) is 15.2. The molecule has 0 spiro atoms. The lowest BCUT2D eigenvalue weighted by Gasteiger charge is -2.24. The third kappa shape index (κ3) is 6.93. The Morgan fingerprint density at radius 1 is 0.500 bits per heavy atom. The van der Waals surface area contributed by atoms with Crippen LogP contribution in [0.1, 0.15) is 105 Å². The van der Waals surface area contributed by atoms with Gasteiger partial charge in [0.05, 0.1) is 27.8 Å². The van der Waals surface area contributed by atoms with Gasteiger partial charge in [-0.05, 0) is 110 Å². The van der Waals surface area contributed by atoms with Crippen LogP contribution in [0.2, 0.25) is 0 Å². The van der Waals surface area contributed by atoms with Crippen molar-refractivity contribution in [2.75, 3.05) is 0 Å². The number of nitrogens with zero attached hydrogens (tertiary/aromatic N) is 4. The van der Waals surface area contributed by atoms with E-state index in [1.54, 1.807) is 0 Å². The minimum absolute atomic E-state index is 0.00842. The van der Waals surface area contributed by atoms with E-state index in [2.05, 4.69) is 154 Å². The van der Waals surface area contributed by atoms with E-state index in [4.69, 9.17) is 15.0 Å². The number of aromatic nitrogens is 4. The molecule has 276 valence electrons. The molecule has 0 unspecified atom stereocenters. The first-order chi connectivity index (χ1) is 25.2. The van der Waals surface area contributed by atoms with E-state index in [0.717, 1.165) is 55.6 Å². The summed E-state index contributed by atoms with van der Waals surface area (Å²) in [6, 6.07) is 32.3. The van der Waals surface area contributed by atoms with E-state index in [9.17, 15) is 5.11 Å². The number of rotatable bonds is 4. The number of hydrogen-bond acceptors (Lipinski definition) is 4. The molecule has 0 radical (unpaired) electrons. The van der Waals surface area contributed by atoms with E-state index in [0.29, 0.717) is 11.4 Å². The summed E-state index contributed by atoms with van der Waals surface area (Å²) in [5.41, 5.74) is 12.8. The predicted molar refractivity (Wildman–Crippen MR) is 227 cm³/mol. The fourth-order valence-electron chi connectivity index (χ4n) is 7.13. The zero-order chi connectivity index (χ0) is 39.0. The van der Waals surface area contributed by atoms with E-state index < -0.39 is 0 Å². The summed E-state index contributed by atoms with van der Waals surface area (Å²) < 4.78 is 2.24. The standard InChI is InChI=1S/C49H54N4O/c1-46(2,3)33-15-18-37(19-16-33)53-40-29-36(49(10,11)12)28-38(44(40)52-45(53)39-27-34(47(4,5)6)17-20-41(39)54)31-24-32(26-35(25-31)48(7,8)9)43-42-30(21-23-51-43)14-13-22-50-42/h13-29,54H,1-12H3. The fraction of sp³-hybridized carbons (Fsp3) is 0.327. The highest BCUT2D eigenvalue weighted by Gasteiger charge is 2.27. The van der Waals surface area contributed by atoms with Crippen molar-refractivity contribution < 1.29 is 5.11 Å². The van der Waals surface area contributed by atoms with Crippen LogP contribution in [-0.2, 0) is 21.7 Å². The highest BCUT2D eigenvalue weighted by molar-refractivity contribution is 5.99. The quantitative estimate of drug-likeness (QED) is 0.197. The van der Waals surface area contributed by atoms with Gasteiger partial charge in [-0.15, -0.1) is 0 Å². The first-order valence-electron chi connectivity index (χ1n) is 19.1. The third-order valence-electron chi connectivity index (χ3n) is 10.6. The normalized spacial score (nSPS) is 12.9. The molecule has 0 bridgehead atoms. The second kappa shape index (κ2) is 12.9. The molecule has 5 heteroatoms. The van der Waals surface area contributed by atoms with Gasteiger partial charge in [-0.25, -0.2) is 4.98 Å². The Bertz CT molecular complexity index is 2520. The van der Waals surface area contributed by atoms with Gasteiger partial charge < -0.3 is 5.11 Å². The van der Waals surface area contributed by atoms with E-state index in [-0.39, 0.29) is 27.4 Å². The van der Waals surface area contributed by atoms with Crippen LogP contribution >= 0.6 is 0 Å². The Morgan fingerprint density at radius 2 is 1.09 bits per heavy atom. The van der Waals surface area contributed by atoms with Crippen molar-refractivity contribution in [1.29, 1.82) is 0 Å². The smallest absolute Gasteiger partial charge is 0.149 e. The van der Waals surface area contributed by atoms with Gasteiger partial charge in [-0.3, -0.25) is 14.5 Å². The van der Waals surface area contributed by atoms with Crippen molar-refractivity contribution in [3.63, 3.8) is 0 Å². The SMILES string of the molecule is CC(C)(C)c1ccc(-n2c(-c3cc(C(C)(C)C)ccc3O)nc3c(-c4cc(-c5nccc6cccnc56)cc(C(C)(C)C)c4)cc(C(C)(C)C)cc32)cc1. The van der Waals surface area contributed by atoms with Gasteiger partial charge in [0.1, 0.15) is 11.6 Å². The number of aromatic hydroxyl groups is 1. The number of pyridine rings is 2. The van der Waals surface area contributed by atoms with Crippen molar-refractivity contribution in [1.82, 2.24) is 19.5 Å². The molecule has 0 aliphatic carbocycles. The van der Waals surface area contributed by atoms with Crippen LogP contribution in [0, 0.1) is 0 Å². The van der Waals surface area contributed by atoms with Crippen LogP contribution in [-0.4, -0.2) is 24.6 Å². The minimum atomic E-state index is -0.159. The number of hydrogen-bond donors (Lipinski definition) is 1. The number of benzene rings is 4. The number of imidazole rings is 1. The molecule has 54 heavy (non-hydrogen) atoms. The molecule has 1 N–H and O–H groups in total. The molecule has 0 aliphatic rings. The molecule has 7 aromatic rings. The zero-order valence-corrected chi connectivity index (χ0v) is 34.1. The molecule has 4 aromatic carbocycles. The molecule has 5 nitrogen and oxygen atoms in total. The van der Waals surface area contributed by atoms with E-state index >= 15 is 0 Å². The van der Waals surface area contributed by atoms with Crippen LogP contribution in [0.15, 0.2) is 103 Å². The first-order valence-corrected chi connectivity index (χ1v) is 19.1. The molecular weight excluding hydrogens is 661 g/mol. The summed E-state index contributed by atoms with van der Waals surface area (Å²) in [5, 5.41) is 12.6. The molecule has 0 atom stereocenters. The Labute approximate surface area is 321 Å². The minimum Gasteiger partial charge on any atom is -0.507 e. The van der Waals surface area contributed by atoms with Gasteiger partial charge in [0, 0.05) is 34.6 Å². The highest BCUT2D eigenvalue weighted by atomic mass is 16.3. The average Bonchev–Trinajstić information content (AvgIpc) is 3.49. The second-order valence-electron chi connectivity index (χ2n) is 19.0. The molecule has 3 aromatic heterocycles. The van der Waals surface area contributed by atoms with Crippen molar-refractivity contribution in [3.05, 3.63) is 126 Å². The largest absolute Gasteiger partial charge is 0.507 e. The second-order valence-corrected chi connectivity index (χ2v) is 19.0. The molecule has 0 saturated carbocycles. The maximum Gasteiger partial charge on any atom is 0.149 e. The summed E-state index contributed by atoms with van der Waals surface area (Å²) in [5.74, 6) is 0.909. The van der Waals surface area contributed by atoms with Crippen LogP contribution in [0.25, 0.3) is 61.4 Å². The Morgan fingerprint density at radius 3 is 1.74 bits per heavy atom. The van der Waals surface area contributed by atoms with Crippen LogP contribution < -0.4 is 0 Å². The maximum absolute atomic E-state index is 11.6. The van der Waals surface area contributed by atoms with E-state index in [1.807, 2.05) is 36.7 Å². The lowest BCUT2D eigenvalue weighted by Crippen LogP contribution is -2.13. The van der Waals surface area contributed by atoms with Gasteiger partial charge in [0.25, 0.3) is 0 Å². The predicted octanol–water partition coefficient (Wildman–Crippen LogP) is 12.9. The summed E-state index contributed by atoms with van der Waals surface area (Å²) in [7, 11) is 0. The topological polar surface area (TPSA) is 63.8 Å². The van der Waals surface area contributed by atoms with Crippen molar-refractivity contribution >= 4 is 21.9 Å². The van der Waals surface area contributed by atoms with Crippen molar-refractivity contribution in [2.45, 2.75) is 105 Å². The molecule has 7 rings (SSSR count). The van der Waals surface area contributed by atoms with Gasteiger partial charge in [0.2, 0.25) is 0 Å². The summed E-state index contributed by atoms with van der Waals surface area (Å²) in [6.45, 7) is 26.9. The molecule has 0 fully saturated rings. The maximum atomic E-state index is 11.6. The average molecular weight is 715 g/mol. The fourth-order valence-corrected chi connectivity index (χ4v) is 7.13. The Kier molecular flexibility index (Phi) is 8.87. The Hall–Kier alpha value is -5.29. The zero-order valence-electron chi connectivity index (χ0n) is 34.1. The van der Waals surface area contributed by atoms with Crippen LogP contribution in [0.4, 0.5) is 0 Å². The monoisotopic (exact) mass is 714 g/mol. The third-order valence-corrected chi connectivity index (χ3v) is 10.6. The lowest BCUT2D eigenvalue weighted by molar-refractivity contribution is 0.475. The summed E-state index contributed by atoms with van der Waals surface area (Å²) >= 11 is 0. The number of phenolic OH excluding ortho intramolecular Hbond substituents is 1.